The molecule has 0 bridgehead atoms. The first-order chi connectivity index (χ1) is 8.24. The van der Waals surface area contributed by atoms with E-state index in [1.54, 1.807) is 25.3 Å². The van der Waals surface area contributed by atoms with Crippen molar-refractivity contribution in [2.24, 2.45) is 0 Å². The number of rotatable bonds is 1. The van der Waals surface area contributed by atoms with E-state index >= 15 is 0 Å². The van der Waals surface area contributed by atoms with E-state index in [4.69, 9.17) is 4.42 Å². The standard InChI is InChI=1S/C12H8FN3O/c1-7-15-16-12(17-7)10-6-9(13)5-8-3-2-4-14-11(8)10/h2-6H,1H3. The number of hydrogen-bond acceptors (Lipinski definition) is 4. The summed E-state index contributed by atoms with van der Waals surface area (Å²) in [5, 5.41) is 8.32. The molecule has 0 amide bonds. The maximum absolute atomic E-state index is 13.5. The van der Waals surface area contributed by atoms with Crippen molar-refractivity contribution >= 4 is 10.9 Å². The Morgan fingerprint density at radius 1 is 1.24 bits per heavy atom. The van der Waals surface area contributed by atoms with Crippen LogP contribution in [0.4, 0.5) is 4.39 Å². The number of aryl methyl sites for hydroxylation is 1. The van der Waals surface area contributed by atoms with Gasteiger partial charge in [-0.3, -0.25) is 4.98 Å². The van der Waals surface area contributed by atoms with Crippen molar-refractivity contribution < 1.29 is 8.81 Å². The van der Waals surface area contributed by atoms with Gasteiger partial charge in [0.05, 0.1) is 11.1 Å². The van der Waals surface area contributed by atoms with Gasteiger partial charge in [0.25, 0.3) is 0 Å². The maximum atomic E-state index is 13.5. The van der Waals surface area contributed by atoms with Crippen molar-refractivity contribution in [2.45, 2.75) is 6.92 Å². The summed E-state index contributed by atoms with van der Waals surface area (Å²) >= 11 is 0. The summed E-state index contributed by atoms with van der Waals surface area (Å²) in [4.78, 5) is 4.21. The molecular weight excluding hydrogens is 221 g/mol. The Bertz CT molecular complexity index is 693. The Hall–Kier alpha value is -2.30. The summed E-state index contributed by atoms with van der Waals surface area (Å²) in [5.74, 6) is 0.371. The summed E-state index contributed by atoms with van der Waals surface area (Å²) in [7, 11) is 0. The van der Waals surface area contributed by atoms with Crippen molar-refractivity contribution in [3.8, 4) is 11.5 Å². The topological polar surface area (TPSA) is 51.8 Å². The molecule has 0 fully saturated rings. The van der Waals surface area contributed by atoms with E-state index in [2.05, 4.69) is 15.2 Å². The number of aromatic nitrogens is 3. The Balaban J connectivity index is 2.35. The third-order valence-electron chi connectivity index (χ3n) is 2.43. The van der Waals surface area contributed by atoms with Crippen LogP contribution in [0.25, 0.3) is 22.4 Å². The van der Waals surface area contributed by atoms with E-state index in [0.717, 1.165) is 0 Å². The van der Waals surface area contributed by atoms with Crippen LogP contribution in [-0.2, 0) is 0 Å². The third-order valence-corrected chi connectivity index (χ3v) is 2.43. The van der Waals surface area contributed by atoms with E-state index < -0.39 is 0 Å². The van der Waals surface area contributed by atoms with Gasteiger partial charge in [0.2, 0.25) is 11.8 Å². The molecule has 0 unspecified atom stereocenters. The van der Waals surface area contributed by atoms with Crippen molar-refractivity contribution in [3.05, 3.63) is 42.2 Å². The Kier molecular flexibility index (Phi) is 2.11. The monoisotopic (exact) mass is 229 g/mol. The second-order valence-corrected chi connectivity index (χ2v) is 3.65. The van der Waals surface area contributed by atoms with Crippen LogP contribution < -0.4 is 0 Å². The molecule has 0 spiro atoms. The van der Waals surface area contributed by atoms with Crippen LogP contribution in [0.1, 0.15) is 5.89 Å². The van der Waals surface area contributed by atoms with Crippen LogP contribution >= 0.6 is 0 Å². The lowest BCUT2D eigenvalue weighted by atomic mass is 10.1. The highest BCUT2D eigenvalue weighted by Crippen LogP contribution is 2.27. The summed E-state index contributed by atoms with van der Waals surface area (Å²) in [6.45, 7) is 1.69. The third kappa shape index (κ3) is 1.65. The highest BCUT2D eigenvalue weighted by Gasteiger charge is 2.12. The number of hydrogen-bond donors (Lipinski definition) is 0. The molecule has 5 heteroatoms. The first-order valence-corrected chi connectivity index (χ1v) is 5.09. The van der Waals surface area contributed by atoms with Gasteiger partial charge in [0.1, 0.15) is 5.82 Å². The Morgan fingerprint density at radius 3 is 2.88 bits per heavy atom. The molecule has 4 nitrogen and oxygen atoms in total. The fourth-order valence-corrected chi connectivity index (χ4v) is 1.72. The molecular formula is C12H8FN3O. The molecule has 0 N–H and O–H groups in total. The van der Waals surface area contributed by atoms with Gasteiger partial charge in [0, 0.05) is 18.5 Å². The fraction of sp³-hybridized carbons (Fsp3) is 0.0833. The molecule has 3 aromatic rings. The normalized spacial score (nSPS) is 10.9. The minimum atomic E-state index is -0.351. The predicted octanol–water partition coefficient (Wildman–Crippen LogP) is 2.73. The lowest BCUT2D eigenvalue weighted by Gasteiger charge is -2.01. The van der Waals surface area contributed by atoms with Crippen molar-refractivity contribution in [3.63, 3.8) is 0 Å². The molecule has 0 aliphatic rings. The van der Waals surface area contributed by atoms with Crippen molar-refractivity contribution in [1.29, 1.82) is 0 Å². The molecule has 0 saturated heterocycles. The van der Waals surface area contributed by atoms with Gasteiger partial charge >= 0.3 is 0 Å². The first-order valence-electron chi connectivity index (χ1n) is 5.09. The molecule has 2 aromatic heterocycles. The number of benzene rings is 1. The molecule has 0 aliphatic heterocycles. The fourth-order valence-electron chi connectivity index (χ4n) is 1.72. The van der Waals surface area contributed by atoms with Crippen LogP contribution in [0.3, 0.4) is 0 Å². The molecule has 0 saturated carbocycles. The number of nitrogens with zero attached hydrogens (tertiary/aromatic N) is 3. The molecule has 17 heavy (non-hydrogen) atoms. The number of halogens is 1. The van der Waals surface area contributed by atoms with Gasteiger partial charge in [-0.2, -0.15) is 0 Å². The van der Waals surface area contributed by atoms with E-state index in [-0.39, 0.29) is 11.7 Å². The SMILES string of the molecule is Cc1nnc(-c2cc(F)cc3cccnc23)o1. The quantitative estimate of drug-likeness (QED) is 0.643. The number of pyridine rings is 1. The van der Waals surface area contributed by atoms with Gasteiger partial charge in [-0.1, -0.05) is 6.07 Å². The molecule has 3 rings (SSSR count). The smallest absolute Gasteiger partial charge is 0.250 e. The van der Waals surface area contributed by atoms with Gasteiger partial charge in [-0.15, -0.1) is 10.2 Å². The van der Waals surface area contributed by atoms with Gasteiger partial charge in [-0.05, 0) is 18.2 Å². The van der Waals surface area contributed by atoms with E-state index in [1.165, 1.54) is 12.1 Å². The lowest BCUT2D eigenvalue weighted by molar-refractivity contribution is 0.532. The largest absolute Gasteiger partial charge is 0.421 e. The average molecular weight is 229 g/mol. The average Bonchev–Trinajstić information content (AvgIpc) is 2.74. The number of fused-ring (bicyclic) bond motifs is 1. The maximum Gasteiger partial charge on any atom is 0.250 e. The zero-order chi connectivity index (χ0) is 11.8. The zero-order valence-corrected chi connectivity index (χ0v) is 9.01. The predicted molar refractivity (Wildman–Crippen MR) is 59.7 cm³/mol. The molecule has 0 radical (unpaired) electrons. The Labute approximate surface area is 96.1 Å². The minimum absolute atomic E-state index is 0.283. The summed E-state index contributed by atoms with van der Waals surface area (Å²) in [6.07, 6.45) is 1.65. The zero-order valence-electron chi connectivity index (χ0n) is 9.01. The molecule has 1 aromatic carbocycles. The summed E-state index contributed by atoms with van der Waals surface area (Å²) in [6, 6.07) is 6.32. The lowest BCUT2D eigenvalue weighted by Crippen LogP contribution is -1.87. The molecule has 2 heterocycles. The second-order valence-electron chi connectivity index (χ2n) is 3.65. The van der Waals surface area contributed by atoms with Crippen molar-refractivity contribution in [1.82, 2.24) is 15.2 Å². The van der Waals surface area contributed by atoms with E-state index in [0.29, 0.717) is 22.4 Å². The van der Waals surface area contributed by atoms with Gasteiger partial charge in [-0.25, -0.2) is 4.39 Å². The van der Waals surface area contributed by atoms with Crippen LogP contribution in [0.2, 0.25) is 0 Å². The molecule has 0 aliphatic carbocycles. The summed E-state index contributed by atoms with van der Waals surface area (Å²) in [5.41, 5.74) is 1.17. The summed E-state index contributed by atoms with van der Waals surface area (Å²) < 4.78 is 18.8. The highest BCUT2D eigenvalue weighted by atomic mass is 19.1. The van der Waals surface area contributed by atoms with E-state index in [9.17, 15) is 4.39 Å². The molecule has 0 atom stereocenters. The first kappa shape index (κ1) is 9.89. The minimum Gasteiger partial charge on any atom is -0.421 e. The van der Waals surface area contributed by atoms with E-state index in [1.807, 2.05) is 0 Å². The van der Waals surface area contributed by atoms with Crippen LogP contribution in [0.15, 0.2) is 34.9 Å². The highest BCUT2D eigenvalue weighted by molar-refractivity contribution is 5.91. The van der Waals surface area contributed by atoms with Crippen LogP contribution in [0.5, 0.6) is 0 Å². The van der Waals surface area contributed by atoms with Gasteiger partial charge in [0.15, 0.2) is 0 Å². The van der Waals surface area contributed by atoms with Crippen LogP contribution in [-0.4, -0.2) is 15.2 Å². The van der Waals surface area contributed by atoms with Gasteiger partial charge < -0.3 is 4.42 Å². The van der Waals surface area contributed by atoms with Crippen LogP contribution in [0, 0.1) is 12.7 Å². The molecule has 84 valence electrons. The second kappa shape index (κ2) is 3.62. The van der Waals surface area contributed by atoms with Crippen molar-refractivity contribution in [2.75, 3.05) is 0 Å². The Morgan fingerprint density at radius 2 is 2.12 bits per heavy atom.